The van der Waals surface area contributed by atoms with Crippen LogP contribution < -0.4 is 10.6 Å². The molecule has 0 aliphatic rings. The van der Waals surface area contributed by atoms with Crippen LogP contribution in [0.5, 0.6) is 0 Å². The summed E-state index contributed by atoms with van der Waals surface area (Å²) in [7, 11) is 0. The maximum absolute atomic E-state index is 12.0. The van der Waals surface area contributed by atoms with Crippen LogP contribution in [0.15, 0.2) is 22.7 Å². The number of carbonyl (C=O) groups excluding carboxylic acids is 1. The Balaban J connectivity index is 2.15. The lowest BCUT2D eigenvalue weighted by Crippen LogP contribution is -2.39. The second kappa shape index (κ2) is 7.73. The number of amides is 2. The van der Waals surface area contributed by atoms with Crippen molar-refractivity contribution in [2.24, 2.45) is 0 Å². The van der Waals surface area contributed by atoms with Crippen LogP contribution >= 0.6 is 0 Å². The topological polar surface area (TPSA) is 100 Å². The van der Waals surface area contributed by atoms with E-state index in [1.165, 1.54) is 0 Å². The maximum Gasteiger partial charge on any atom is 0.319 e. The van der Waals surface area contributed by atoms with E-state index in [9.17, 15) is 4.79 Å². The number of hydrogen-bond donors (Lipinski definition) is 3. The van der Waals surface area contributed by atoms with Crippen molar-refractivity contribution in [2.45, 2.75) is 39.7 Å². The molecule has 0 bridgehead atoms. The number of urea groups is 1. The van der Waals surface area contributed by atoms with Gasteiger partial charge in [-0.1, -0.05) is 25.1 Å². The van der Waals surface area contributed by atoms with Gasteiger partial charge in [-0.3, -0.25) is 0 Å². The number of rotatable bonds is 6. The molecule has 23 heavy (non-hydrogen) atoms. The van der Waals surface area contributed by atoms with Crippen LogP contribution in [-0.4, -0.2) is 33.9 Å². The Morgan fingerprint density at radius 1 is 1.39 bits per heavy atom. The molecule has 0 saturated carbocycles. The fourth-order valence-electron chi connectivity index (χ4n) is 2.03. The molecule has 2 aromatic rings. The highest BCUT2D eigenvalue weighted by Gasteiger charge is 2.13. The van der Waals surface area contributed by atoms with Crippen molar-refractivity contribution in [1.82, 2.24) is 15.5 Å². The summed E-state index contributed by atoms with van der Waals surface area (Å²) in [6.07, 6.45) is 1.35. The van der Waals surface area contributed by atoms with Gasteiger partial charge in [0.25, 0.3) is 5.89 Å². The molecule has 0 fully saturated rings. The van der Waals surface area contributed by atoms with Crippen molar-refractivity contribution in [3.8, 4) is 11.5 Å². The van der Waals surface area contributed by atoms with Crippen molar-refractivity contribution >= 4 is 11.7 Å². The number of hydrogen-bond acceptors (Lipinski definition) is 5. The molecule has 1 unspecified atom stereocenters. The van der Waals surface area contributed by atoms with E-state index >= 15 is 0 Å². The summed E-state index contributed by atoms with van der Waals surface area (Å²) in [6.45, 7) is 5.65. The molecule has 0 aliphatic heterocycles. The van der Waals surface area contributed by atoms with Crippen LogP contribution in [0.2, 0.25) is 0 Å². The van der Waals surface area contributed by atoms with Gasteiger partial charge in [-0.05, 0) is 31.0 Å². The molecule has 2 amide bonds. The highest BCUT2D eigenvalue weighted by Crippen LogP contribution is 2.24. The minimum atomic E-state index is -0.356. The van der Waals surface area contributed by atoms with Gasteiger partial charge in [0, 0.05) is 17.7 Å². The van der Waals surface area contributed by atoms with Gasteiger partial charge in [0.2, 0.25) is 0 Å². The molecule has 124 valence electrons. The molecule has 3 N–H and O–H groups in total. The number of aliphatic hydroxyl groups is 1. The predicted molar refractivity (Wildman–Crippen MR) is 87.2 cm³/mol. The zero-order valence-corrected chi connectivity index (χ0v) is 13.6. The predicted octanol–water partition coefficient (Wildman–Crippen LogP) is 2.50. The molecule has 1 aromatic heterocycles. The van der Waals surface area contributed by atoms with Gasteiger partial charge >= 0.3 is 6.03 Å². The summed E-state index contributed by atoms with van der Waals surface area (Å²) in [5.41, 5.74) is 2.31. The van der Waals surface area contributed by atoms with Gasteiger partial charge in [0.15, 0.2) is 5.82 Å². The second-order valence-electron chi connectivity index (χ2n) is 5.29. The molecular weight excluding hydrogens is 296 g/mol. The van der Waals surface area contributed by atoms with E-state index in [0.717, 1.165) is 11.1 Å². The van der Waals surface area contributed by atoms with Gasteiger partial charge < -0.3 is 20.3 Å². The first kappa shape index (κ1) is 17.0. The van der Waals surface area contributed by atoms with Gasteiger partial charge in [0.1, 0.15) is 0 Å². The quantitative estimate of drug-likeness (QED) is 0.760. The molecule has 1 heterocycles. The Hall–Kier alpha value is -2.41. The zero-order valence-electron chi connectivity index (χ0n) is 13.6. The Morgan fingerprint density at radius 2 is 2.17 bits per heavy atom. The third-order valence-corrected chi connectivity index (χ3v) is 3.57. The van der Waals surface area contributed by atoms with Crippen LogP contribution in [0.3, 0.4) is 0 Å². The average Bonchev–Trinajstić information content (AvgIpc) is 3.03. The monoisotopic (exact) mass is 318 g/mol. The molecule has 2 rings (SSSR count). The Labute approximate surface area is 135 Å². The first-order valence-corrected chi connectivity index (χ1v) is 7.69. The lowest BCUT2D eigenvalue weighted by atomic mass is 10.1. The van der Waals surface area contributed by atoms with Crippen molar-refractivity contribution in [2.75, 3.05) is 11.9 Å². The standard InChI is InChI=1S/C16H22N4O3/c1-4-12(9-21)17-16(22)18-13-8-11(7-6-10(13)3)15-19-14(5-2)20-23-15/h6-8,12,21H,4-5,9H2,1-3H3,(H2,17,18,22). The number of carbonyl (C=O) groups is 1. The largest absolute Gasteiger partial charge is 0.394 e. The van der Waals surface area contributed by atoms with E-state index in [1.54, 1.807) is 6.07 Å². The van der Waals surface area contributed by atoms with E-state index in [-0.39, 0.29) is 18.7 Å². The number of nitrogens with zero attached hydrogens (tertiary/aromatic N) is 2. The Morgan fingerprint density at radius 3 is 2.78 bits per heavy atom. The third kappa shape index (κ3) is 4.29. The number of benzene rings is 1. The molecule has 0 saturated heterocycles. The van der Waals surface area contributed by atoms with Crippen molar-refractivity contribution < 1.29 is 14.4 Å². The SMILES string of the molecule is CCc1noc(-c2ccc(C)c(NC(=O)NC(CC)CO)c2)n1. The van der Waals surface area contributed by atoms with Crippen molar-refractivity contribution in [3.05, 3.63) is 29.6 Å². The Kier molecular flexibility index (Phi) is 5.70. The van der Waals surface area contributed by atoms with E-state index in [2.05, 4.69) is 20.8 Å². The van der Waals surface area contributed by atoms with Crippen LogP contribution in [0.1, 0.15) is 31.7 Å². The molecule has 1 atom stereocenters. The third-order valence-electron chi connectivity index (χ3n) is 3.57. The van der Waals surface area contributed by atoms with Crippen LogP contribution in [0, 0.1) is 6.92 Å². The molecule has 0 aliphatic carbocycles. The van der Waals surface area contributed by atoms with Crippen LogP contribution in [0.25, 0.3) is 11.5 Å². The lowest BCUT2D eigenvalue weighted by molar-refractivity contribution is 0.222. The number of aliphatic hydroxyl groups excluding tert-OH is 1. The minimum Gasteiger partial charge on any atom is -0.394 e. The molecule has 7 nitrogen and oxygen atoms in total. The minimum absolute atomic E-state index is 0.0925. The maximum atomic E-state index is 12.0. The Bertz CT molecular complexity index is 665. The summed E-state index contributed by atoms with van der Waals surface area (Å²) in [5, 5.41) is 18.5. The average molecular weight is 318 g/mol. The number of aromatic nitrogens is 2. The van der Waals surface area contributed by atoms with Gasteiger partial charge in [-0.25, -0.2) is 4.79 Å². The smallest absolute Gasteiger partial charge is 0.319 e. The summed E-state index contributed by atoms with van der Waals surface area (Å²) < 4.78 is 5.22. The number of nitrogens with one attached hydrogen (secondary N) is 2. The van der Waals surface area contributed by atoms with E-state index in [0.29, 0.717) is 30.2 Å². The van der Waals surface area contributed by atoms with Crippen molar-refractivity contribution in [1.29, 1.82) is 0 Å². The van der Waals surface area contributed by atoms with E-state index in [1.807, 2.05) is 32.9 Å². The molecular formula is C16H22N4O3. The highest BCUT2D eigenvalue weighted by molar-refractivity contribution is 5.91. The van der Waals surface area contributed by atoms with E-state index < -0.39 is 0 Å². The van der Waals surface area contributed by atoms with Gasteiger partial charge in [-0.15, -0.1) is 0 Å². The second-order valence-corrected chi connectivity index (χ2v) is 5.29. The lowest BCUT2D eigenvalue weighted by Gasteiger charge is -2.16. The number of anilines is 1. The first-order valence-electron chi connectivity index (χ1n) is 7.69. The summed E-state index contributed by atoms with van der Waals surface area (Å²) in [5.74, 6) is 1.06. The first-order chi connectivity index (χ1) is 11.1. The summed E-state index contributed by atoms with van der Waals surface area (Å²) >= 11 is 0. The molecule has 0 spiro atoms. The van der Waals surface area contributed by atoms with Crippen molar-refractivity contribution in [3.63, 3.8) is 0 Å². The zero-order chi connectivity index (χ0) is 16.8. The molecule has 0 radical (unpaired) electrons. The molecule has 7 heteroatoms. The van der Waals surface area contributed by atoms with Gasteiger partial charge in [0.05, 0.1) is 12.6 Å². The van der Waals surface area contributed by atoms with E-state index in [4.69, 9.17) is 9.63 Å². The van der Waals surface area contributed by atoms with Crippen LogP contribution in [0.4, 0.5) is 10.5 Å². The summed E-state index contributed by atoms with van der Waals surface area (Å²) in [4.78, 5) is 16.3. The fourth-order valence-corrected chi connectivity index (χ4v) is 2.03. The van der Waals surface area contributed by atoms with Gasteiger partial charge in [-0.2, -0.15) is 4.98 Å². The summed E-state index contributed by atoms with van der Waals surface area (Å²) in [6, 6.07) is 4.92. The molecule has 1 aromatic carbocycles. The highest BCUT2D eigenvalue weighted by atomic mass is 16.5. The van der Waals surface area contributed by atoms with Crippen LogP contribution in [-0.2, 0) is 6.42 Å². The fraction of sp³-hybridized carbons (Fsp3) is 0.438. The number of aryl methyl sites for hydroxylation is 2. The normalized spacial score (nSPS) is 12.0.